The van der Waals surface area contributed by atoms with Gasteiger partial charge in [-0.1, -0.05) is 35.0 Å². The summed E-state index contributed by atoms with van der Waals surface area (Å²) in [7, 11) is 0. The first kappa shape index (κ1) is 14.9. The summed E-state index contributed by atoms with van der Waals surface area (Å²) in [5.74, 6) is -3.85. The van der Waals surface area contributed by atoms with E-state index in [0.29, 0.717) is 0 Å². The molecule has 20 heavy (non-hydrogen) atoms. The van der Waals surface area contributed by atoms with Crippen molar-refractivity contribution in [1.82, 2.24) is 0 Å². The number of nitrogens with one attached hydrogen (secondary N) is 1. The van der Waals surface area contributed by atoms with Crippen LogP contribution in [0.5, 0.6) is 0 Å². The van der Waals surface area contributed by atoms with Gasteiger partial charge in [0.2, 0.25) is 0 Å². The topological polar surface area (TPSA) is 12.0 Å². The third kappa shape index (κ3) is 3.33. The maximum atomic E-state index is 13.2. The summed E-state index contributed by atoms with van der Waals surface area (Å²) >= 11 is 3.38. The Morgan fingerprint density at radius 1 is 1.10 bits per heavy atom. The molecule has 1 unspecified atom stereocenters. The van der Waals surface area contributed by atoms with Crippen molar-refractivity contribution in [3.63, 3.8) is 0 Å². The Morgan fingerprint density at radius 3 is 2.30 bits per heavy atom. The number of anilines is 1. The van der Waals surface area contributed by atoms with E-state index < -0.39 is 17.5 Å². The Labute approximate surface area is 123 Å². The first-order chi connectivity index (χ1) is 9.51. The molecule has 0 saturated carbocycles. The average molecular weight is 344 g/mol. The third-order valence-corrected chi connectivity index (χ3v) is 3.48. The quantitative estimate of drug-likeness (QED) is 0.730. The van der Waals surface area contributed by atoms with Crippen molar-refractivity contribution in [3.05, 3.63) is 63.9 Å². The zero-order valence-corrected chi connectivity index (χ0v) is 12.3. The van der Waals surface area contributed by atoms with Gasteiger partial charge in [0.05, 0.1) is 6.04 Å². The lowest BCUT2D eigenvalue weighted by Gasteiger charge is -2.19. The third-order valence-electron chi connectivity index (χ3n) is 2.98. The number of halogens is 4. The summed E-state index contributed by atoms with van der Waals surface area (Å²) in [6.45, 7) is 1.95. The minimum Gasteiger partial charge on any atom is -0.378 e. The van der Waals surface area contributed by atoms with Crippen LogP contribution in [0.3, 0.4) is 0 Å². The molecule has 0 aliphatic rings. The van der Waals surface area contributed by atoms with Crippen molar-refractivity contribution < 1.29 is 13.2 Å². The van der Waals surface area contributed by atoms with Crippen LogP contribution in [0.15, 0.2) is 40.9 Å². The van der Waals surface area contributed by atoms with E-state index in [0.717, 1.165) is 28.6 Å². The lowest BCUT2D eigenvalue weighted by Crippen LogP contribution is -2.10. The molecule has 1 atom stereocenters. The molecule has 0 aliphatic carbocycles. The van der Waals surface area contributed by atoms with Crippen molar-refractivity contribution in [2.24, 2.45) is 0 Å². The summed E-state index contributed by atoms with van der Waals surface area (Å²) in [6, 6.07) is 9.43. The number of hydrogen-bond acceptors (Lipinski definition) is 1. The first-order valence-electron chi connectivity index (χ1n) is 6.17. The van der Waals surface area contributed by atoms with Crippen LogP contribution in [0.4, 0.5) is 18.9 Å². The first-order valence-corrected chi connectivity index (χ1v) is 6.97. The van der Waals surface area contributed by atoms with Gasteiger partial charge in [-0.2, -0.15) is 0 Å². The molecule has 0 aliphatic heterocycles. The smallest absolute Gasteiger partial charge is 0.194 e. The molecule has 0 saturated heterocycles. The summed E-state index contributed by atoms with van der Waals surface area (Å²) < 4.78 is 40.2. The maximum Gasteiger partial charge on any atom is 0.194 e. The molecule has 0 amide bonds. The van der Waals surface area contributed by atoms with Crippen molar-refractivity contribution in [3.8, 4) is 0 Å². The van der Waals surface area contributed by atoms with Gasteiger partial charge in [-0.3, -0.25) is 0 Å². The average Bonchev–Trinajstić information content (AvgIpc) is 2.42. The monoisotopic (exact) mass is 343 g/mol. The molecule has 2 rings (SSSR count). The Balaban J connectivity index is 2.27. The van der Waals surface area contributed by atoms with E-state index in [4.69, 9.17) is 0 Å². The lowest BCUT2D eigenvalue weighted by atomic mass is 10.0. The molecular weight excluding hydrogens is 331 g/mol. The Kier molecular flexibility index (Phi) is 4.70. The molecule has 1 nitrogen and oxygen atoms in total. The fraction of sp³-hybridized carbons (Fsp3) is 0.200. The Morgan fingerprint density at radius 2 is 1.75 bits per heavy atom. The number of rotatable bonds is 4. The molecule has 0 spiro atoms. The van der Waals surface area contributed by atoms with Crippen molar-refractivity contribution >= 4 is 21.6 Å². The van der Waals surface area contributed by atoms with E-state index in [9.17, 15) is 13.2 Å². The lowest BCUT2D eigenvalue weighted by molar-refractivity contribution is 0.447. The highest BCUT2D eigenvalue weighted by Gasteiger charge is 2.14. The van der Waals surface area contributed by atoms with Crippen LogP contribution in [-0.4, -0.2) is 0 Å². The molecule has 0 aromatic heterocycles. The standard InChI is InChI=1S/C15H13BrF3N/c1-2-14(9-4-3-5-10(16)6-9)20-11-7-12(17)15(19)13(18)8-11/h3-8,14,20H,2H2,1H3. The van der Waals surface area contributed by atoms with E-state index >= 15 is 0 Å². The van der Waals surface area contributed by atoms with Gasteiger partial charge in [-0.15, -0.1) is 0 Å². The van der Waals surface area contributed by atoms with Crippen LogP contribution in [0.2, 0.25) is 0 Å². The molecule has 5 heteroatoms. The van der Waals surface area contributed by atoms with Gasteiger partial charge in [0.1, 0.15) is 0 Å². The van der Waals surface area contributed by atoms with E-state index in [1.54, 1.807) is 0 Å². The molecule has 0 heterocycles. The zero-order chi connectivity index (χ0) is 14.7. The number of hydrogen-bond donors (Lipinski definition) is 1. The predicted molar refractivity (Wildman–Crippen MR) is 77.1 cm³/mol. The molecular formula is C15H13BrF3N. The minimum absolute atomic E-state index is 0.114. The fourth-order valence-corrected chi connectivity index (χ4v) is 2.40. The number of benzene rings is 2. The largest absolute Gasteiger partial charge is 0.378 e. The van der Waals surface area contributed by atoms with E-state index in [-0.39, 0.29) is 11.7 Å². The van der Waals surface area contributed by atoms with Crippen LogP contribution in [0.1, 0.15) is 24.9 Å². The van der Waals surface area contributed by atoms with Crippen LogP contribution in [-0.2, 0) is 0 Å². The molecule has 0 bridgehead atoms. The molecule has 0 fully saturated rings. The van der Waals surface area contributed by atoms with E-state index in [1.165, 1.54) is 0 Å². The predicted octanol–water partition coefficient (Wildman–Crippen LogP) is 5.43. The molecule has 106 valence electrons. The summed E-state index contributed by atoms with van der Waals surface area (Å²) in [5, 5.41) is 3.01. The van der Waals surface area contributed by atoms with Gasteiger partial charge in [0, 0.05) is 22.3 Å². The molecule has 2 aromatic carbocycles. The van der Waals surface area contributed by atoms with Crippen molar-refractivity contribution in [2.75, 3.05) is 5.32 Å². The van der Waals surface area contributed by atoms with Crippen LogP contribution < -0.4 is 5.32 Å². The van der Waals surface area contributed by atoms with Crippen molar-refractivity contribution in [1.29, 1.82) is 0 Å². The van der Waals surface area contributed by atoms with Gasteiger partial charge in [-0.25, -0.2) is 13.2 Å². The van der Waals surface area contributed by atoms with E-state index in [2.05, 4.69) is 21.2 Å². The van der Waals surface area contributed by atoms with E-state index in [1.807, 2.05) is 31.2 Å². The zero-order valence-electron chi connectivity index (χ0n) is 10.8. The highest BCUT2D eigenvalue weighted by molar-refractivity contribution is 9.10. The Hall–Kier alpha value is -1.49. The normalized spacial score (nSPS) is 12.2. The second-order valence-corrected chi connectivity index (χ2v) is 5.33. The summed E-state index contributed by atoms with van der Waals surface area (Å²) in [4.78, 5) is 0. The summed E-state index contributed by atoms with van der Waals surface area (Å²) in [6.07, 6.45) is 0.719. The van der Waals surface area contributed by atoms with Gasteiger partial charge in [0.15, 0.2) is 17.5 Å². The van der Waals surface area contributed by atoms with Crippen molar-refractivity contribution in [2.45, 2.75) is 19.4 Å². The fourth-order valence-electron chi connectivity index (χ4n) is 1.98. The SMILES string of the molecule is CCC(Nc1cc(F)c(F)c(F)c1)c1cccc(Br)c1. The molecule has 1 N–H and O–H groups in total. The van der Waals surface area contributed by atoms with Crippen LogP contribution in [0, 0.1) is 17.5 Å². The highest BCUT2D eigenvalue weighted by Crippen LogP contribution is 2.26. The highest BCUT2D eigenvalue weighted by atomic mass is 79.9. The maximum absolute atomic E-state index is 13.2. The van der Waals surface area contributed by atoms with Gasteiger partial charge in [-0.05, 0) is 24.1 Å². The van der Waals surface area contributed by atoms with Crippen LogP contribution >= 0.6 is 15.9 Å². The molecule has 2 aromatic rings. The second-order valence-electron chi connectivity index (χ2n) is 4.41. The van der Waals surface area contributed by atoms with Gasteiger partial charge < -0.3 is 5.32 Å². The Bertz CT molecular complexity index is 593. The minimum atomic E-state index is -1.45. The van der Waals surface area contributed by atoms with Gasteiger partial charge >= 0.3 is 0 Å². The second kappa shape index (κ2) is 6.31. The molecule has 0 radical (unpaired) electrons. The summed E-state index contributed by atoms with van der Waals surface area (Å²) in [5.41, 5.74) is 1.19. The van der Waals surface area contributed by atoms with Gasteiger partial charge in [0.25, 0.3) is 0 Å². The van der Waals surface area contributed by atoms with Crippen LogP contribution in [0.25, 0.3) is 0 Å².